The highest BCUT2D eigenvalue weighted by Gasteiger charge is 1.82. The lowest BCUT2D eigenvalue weighted by Crippen LogP contribution is -1.95. The highest BCUT2D eigenvalue weighted by atomic mass is 35.6. The zero-order valence-corrected chi connectivity index (χ0v) is 32.9. The highest BCUT2D eigenvalue weighted by Crippen LogP contribution is 1.75. The summed E-state index contributed by atoms with van der Waals surface area (Å²) in [4.78, 5) is 29.5. The van der Waals surface area contributed by atoms with Gasteiger partial charge in [0.25, 0.3) is 0 Å². The molecule has 0 aliphatic carbocycles. The maximum absolute atomic E-state index is 9.82. The van der Waals surface area contributed by atoms with Gasteiger partial charge in [0.05, 0.1) is 57.2 Å². The van der Waals surface area contributed by atoms with Crippen molar-refractivity contribution in [2.24, 2.45) is 0 Å². The fourth-order valence-electron chi connectivity index (χ4n) is 0.610. The van der Waals surface area contributed by atoms with Gasteiger partial charge >= 0.3 is 17.9 Å². The van der Waals surface area contributed by atoms with E-state index in [2.05, 4.69) is 14.2 Å². The Hall–Kier alpha value is 2.47. The van der Waals surface area contributed by atoms with Crippen molar-refractivity contribution in [3.8, 4) is 0 Å². The molecule has 0 aliphatic heterocycles. The monoisotopic (exact) mass is 852 g/mol. The molecule has 0 aromatic heterocycles. The Morgan fingerprint density at radius 3 is 0.436 bits per heavy atom. The number of rotatable bonds is 3. The van der Waals surface area contributed by atoms with Gasteiger partial charge in [0.2, 0.25) is 0 Å². The van der Waals surface area contributed by atoms with Gasteiger partial charge in [-0.2, -0.15) is 0 Å². The summed E-state index contributed by atoms with van der Waals surface area (Å²) in [7, 11) is 0. The molecule has 0 amide bonds. The van der Waals surface area contributed by atoms with E-state index < -0.39 is 0 Å². The molecular formula is C19H38Cl14O6. The third kappa shape index (κ3) is 455. The minimum Gasteiger partial charge on any atom is -0.466 e. The van der Waals surface area contributed by atoms with Crippen molar-refractivity contribution in [1.29, 1.82) is 0 Å². The molecule has 0 radical (unpaired) electrons. The van der Waals surface area contributed by atoms with E-state index in [1.807, 2.05) is 0 Å². The molecule has 0 heterocycles. The molecule has 248 valence electrons. The largest absolute Gasteiger partial charge is 0.466 e. The SMILES string of the molecule is CCOC(C)=O.CCOC(C)=O.CCOC(C)=O.ClCCl.ClCCl.ClCCl.ClCCl.ClCCl.ClCCl.ClCCl. The third-order valence-electron chi connectivity index (χ3n) is 1.04. The van der Waals surface area contributed by atoms with Crippen LogP contribution in [0.25, 0.3) is 0 Å². The van der Waals surface area contributed by atoms with Crippen LogP contribution in [0.2, 0.25) is 0 Å². The molecule has 0 rings (SSSR count). The first-order valence-corrected chi connectivity index (χ1v) is 16.9. The summed E-state index contributed by atoms with van der Waals surface area (Å²) in [5.74, 6) is -0.632. The van der Waals surface area contributed by atoms with Gasteiger partial charge < -0.3 is 14.2 Å². The number of hydrogen-bond acceptors (Lipinski definition) is 6. The first-order valence-electron chi connectivity index (χ1n) is 9.45. The van der Waals surface area contributed by atoms with Crippen molar-refractivity contribution < 1.29 is 28.6 Å². The summed E-state index contributed by atoms with van der Waals surface area (Å²) in [6, 6.07) is 0. The summed E-state index contributed by atoms with van der Waals surface area (Å²) in [6.45, 7) is 11.0. The maximum Gasteiger partial charge on any atom is 0.302 e. The molecule has 6 nitrogen and oxygen atoms in total. The van der Waals surface area contributed by atoms with Crippen LogP contribution >= 0.6 is 162 Å². The van der Waals surface area contributed by atoms with Crippen molar-refractivity contribution in [1.82, 2.24) is 0 Å². The highest BCUT2D eigenvalue weighted by molar-refractivity contribution is 6.42. The summed E-state index contributed by atoms with van der Waals surface area (Å²) in [5, 5.41) is 1.36. The lowest BCUT2D eigenvalue weighted by molar-refractivity contribution is -0.141. The summed E-state index contributed by atoms with van der Waals surface area (Å²) in [5.41, 5.74) is 0. The van der Waals surface area contributed by atoms with E-state index in [1.165, 1.54) is 20.8 Å². The van der Waals surface area contributed by atoms with Gasteiger partial charge in [-0.25, -0.2) is 0 Å². The van der Waals surface area contributed by atoms with E-state index in [-0.39, 0.29) is 55.3 Å². The molecule has 0 atom stereocenters. The summed E-state index contributed by atoms with van der Waals surface area (Å²) in [6.07, 6.45) is 0. The molecule has 0 spiro atoms. The molecule has 0 aromatic carbocycles. The first kappa shape index (κ1) is 68.6. The van der Waals surface area contributed by atoms with Gasteiger partial charge in [-0.15, -0.1) is 162 Å². The topological polar surface area (TPSA) is 78.9 Å². The molecule has 0 saturated heterocycles. The van der Waals surface area contributed by atoms with Crippen LogP contribution in [0.4, 0.5) is 0 Å². The number of halogens is 14. The average molecular weight is 859 g/mol. The molecular weight excluding hydrogens is 821 g/mol. The molecule has 0 unspecified atom stereocenters. The van der Waals surface area contributed by atoms with Gasteiger partial charge in [-0.1, -0.05) is 0 Å². The molecule has 0 saturated carbocycles. The van der Waals surface area contributed by atoms with Gasteiger partial charge in [0.1, 0.15) is 0 Å². The van der Waals surface area contributed by atoms with Crippen LogP contribution in [0.3, 0.4) is 0 Å². The number of hydrogen-bond donors (Lipinski definition) is 0. The minimum absolute atomic E-state index is 0.194. The van der Waals surface area contributed by atoms with E-state index in [1.54, 1.807) is 20.8 Å². The summed E-state index contributed by atoms with van der Waals surface area (Å²) < 4.78 is 13.2. The van der Waals surface area contributed by atoms with Crippen LogP contribution in [0.5, 0.6) is 0 Å². The van der Waals surface area contributed by atoms with E-state index >= 15 is 0 Å². The van der Waals surface area contributed by atoms with E-state index in [4.69, 9.17) is 162 Å². The predicted octanol–water partition coefficient (Wildman–Crippen LogP) is 11.7. The Morgan fingerprint density at radius 1 is 0.359 bits per heavy atom. The number of carbonyl (C=O) groups is 3. The normalized spacial score (nSPS) is 6.77. The minimum atomic E-state index is -0.211. The fraction of sp³-hybridized carbons (Fsp3) is 0.842. The molecule has 0 aliphatic rings. The van der Waals surface area contributed by atoms with E-state index in [0.29, 0.717) is 19.8 Å². The number of alkyl halides is 14. The molecule has 39 heavy (non-hydrogen) atoms. The van der Waals surface area contributed by atoms with E-state index in [0.717, 1.165) is 0 Å². The Morgan fingerprint density at radius 2 is 0.436 bits per heavy atom. The fourth-order valence-corrected chi connectivity index (χ4v) is 0.610. The number of esters is 3. The summed E-state index contributed by atoms with van der Waals surface area (Å²) >= 11 is 66.7. The predicted molar refractivity (Wildman–Crippen MR) is 183 cm³/mol. The van der Waals surface area contributed by atoms with Crippen LogP contribution in [0, 0.1) is 0 Å². The lowest BCUT2D eigenvalue weighted by Gasteiger charge is -1.89. The molecule has 0 aromatic rings. The Balaban J connectivity index is -0.0000000306. The van der Waals surface area contributed by atoms with Gasteiger partial charge in [-0.05, 0) is 20.8 Å². The van der Waals surface area contributed by atoms with Gasteiger partial charge in [0.15, 0.2) is 0 Å². The number of ether oxygens (including phenoxy) is 3. The second-order valence-electron chi connectivity index (χ2n) is 3.48. The number of carbonyl (C=O) groups excluding carboxylic acids is 3. The van der Waals surface area contributed by atoms with Crippen molar-refractivity contribution in [2.45, 2.75) is 41.5 Å². The molecule has 0 fully saturated rings. The van der Waals surface area contributed by atoms with Crippen molar-refractivity contribution in [2.75, 3.05) is 57.2 Å². The van der Waals surface area contributed by atoms with Crippen LogP contribution in [-0.2, 0) is 28.6 Å². The van der Waals surface area contributed by atoms with Gasteiger partial charge in [0, 0.05) is 20.8 Å². The second-order valence-corrected chi connectivity index (χ2v) is 9.14. The molecule has 20 heteroatoms. The smallest absolute Gasteiger partial charge is 0.302 e. The van der Waals surface area contributed by atoms with Crippen molar-refractivity contribution in [3.05, 3.63) is 0 Å². The standard InChI is InChI=1S/3C4H8O2.7CH2Cl2/c3*1-3-6-4(2)5;7*2-1-3/h3*3H2,1-2H3;7*1H2. The van der Waals surface area contributed by atoms with Crippen LogP contribution < -0.4 is 0 Å². The Labute approximate surface area is 304 Å². The molecule has 0 N–H and O–H groups in total. The average Bonchev–Trinajstić information content (AvgIpc) is 2.78. The van der Waals surface area contributed by atoms with Crippen LogP contribution in [-0.4, -0.2) is 75.1 Å². The maximum atomic E-state index is 9.82. The lowest BCUT2D eigenvalue weighted by atomic mass is 10.8. The van der Waals surface area contributed by atoms with E-state index in [9.17, 15) is 14.4 Å². The van der Waals surface area contributed by atoms with Crippen molar-refractivity contribution >= 4 is 180 Å². The van der Waals surface area contributed by atoms with Crippen LogP contribution in [0.15, 0.2) is 0 Å². The zero-order chi connectivity index (χ0) is 33.9. The molecule has 0 bridgehead atoms. The zero-order valence-electron chi connectivity index (χ0n) is 22.3. The Kier molecular flexibility index (Phi) is 185. The van der Waals surface area contributed by atoms with Crippen molar-refractivity contribution in [3.63, 3.8) is 0 Å². The Bertz CT molecular complexity index is 294. The van der Waals surface area contributed by atoms with Crippen LogP contribution in [0.1, 0.15) is 41.5 Å². The quantitative estimate of drug-likeness (QED) is 0.160. The van der Waals surface area contributed by atoms with Gasteiger partial charge in [-0.3, -0.25) is 14.4 Å². The second kappa shape index (κ2) is 105. The third-order valence-corrected chi connectivity index (χ3v) is 1.04. The first-order chi connectivity index (χ1) is 18.2.